The van der Waals surface area contributed by atoms with Crippen molar-refractivity contribution in [2.75, 3.05) is 7.05 Å². The third kappa shape index (κ3) is 2.43. The van der Waals surface area contributed by atoms with Crippen molar-refractivity contribution >= 4 is 5.84 Å². The molecule has 0 amide bonds. The van der Waals surface area contributed by atoms with Gasteiger partial charge >= 0.3 is 0 Å². The van der Waals surface area contributed by atoms with Gasteiger partial charge in [0.15, 0.2) is 0 Å². The number of nitrogens with zero attached hydrogens (tertiary/aromatic N) is 2. The van der Waals surface area contributed by atoms with E-state index in [0.717, 1.165) is 5.84 Å². The highest BCUT2D eigenvalue weighted by Gasteiger charge is 2.39. The Bertz CT molecular complexity index is 420. The number of hydrogen-bond acceptors (Lipinski definition) is 2. The molecule has 0 bridgehead atoms. The number of rotatable bonds is 4. The molecule has 1 aliphatic rings. The van der Waals surface area contributed by atoms with E-state index in [-0.39, 0.29) is 5.54 Å². The Morgan fingerprint density at radius 3 is 2.50 bits per heavy atom. The van der Waals surface area contributed by atoms with Crippen LogP contribution in [0.15, 0.2) is 35.3 Å². The van der Waals surface area contributed by atoms with Gasteiger partial charge in [-0.25, -0.2) is 0 Å². The van der Waals surface area contributed by atoms with Crippen molar-refractivity contribution in [3.63, 3.8) is 0 Å². The van der Waals surface area contributed by atoms with E-state index in [2.05, 4.69) is 63.1 Å². The first kappa shape index (κ1) is 13.1. The SMILES string of the molecule is CCCCC1N(C)C(c2ccccc2)=NC1(C)C. The maximum atomic E-state index is 4.95. The molecule has 0 aliphatic carbocycles. The van der Waals surface area contributed by atoms with Crippen LogP contribution in [0.1, 0.15) is 45.6 Å². The fraction of sp³-hybridized carbons (Fsp3) is 0.562. The number of amidine groups is 1. The summed E-state index contributed by atoms with van der Waals surface area (Å²) in [6.45, 7) is 6.75. The van der Waals surface area contributed by atoms with Gasteiger partial charge in [0.2, 0.25) is 0 Å². The van der Waals surface area contributed by atoms with Gasteiger partial charge in [-0.3, -0.25) is 4.99 Å². The van der Waals surface area contributed by atoms with Gasteiger partial charge in [-0.15, -0.1) is 0 Å². The molecule has 2 heteroatoms. The van der Waals surface area contributed by atoms with Gasteiger partial charge in [-0.2, -0.15) is 0 Å². The second-order valence-corrected chi connectivity index (χ2v) is 5.72. The van der Waals surface area contributed by atoms with Gasteiger partial charge in [0.1, 0.15) is 5.84 Å². The number of hydrogen-bond donors (Lipinski definition) is 0. The third-order valence-electron chi connectivity index (χ3n) is 3.87. The van der Waals surface area contributed by atoms with Crippen molar-refractivity contribution in [2.24, 2.45) is 4.99 Å². The summed E-state index contributed by atoms with van der Waals surface area (Å²) in [5.74, 6) is 1.14. The highest BCUT2D eigenvalue weighted by molar-refractivity contribution is 6.00. The molecule has 18 heavy (non-hydrogen) atoms. The lowest BCUT2D eigenvalue weighted by Crippen LogP contribution is -2.41. The Labute approximate surface area is 111 Å². The molecular weight excluding hydrogens is 220 g/mol. The smallest absolute Gasteiger partial charge is 0.131 e. The second-order valence-electron chi connectivity index (χ2n) is 5.72. The zero-order valence-corrected chi connectivity index (χ0v) is 12.0. The molecule has 0 radical (unpaired) electrons. The van der Waals surface area contributed by atoms with Gasteiger partial charge in [-0.1, -0.05) is 50.1 Å². The first-order valence-corrected chi connectivity index (χ1v) is 6.94. The van der Waals surface area contributed by atoms with Crippen LogP contribution in [0.25, 0.3) is 0 Å². The van der Waals surface area contributed by atoms with Crippen molar-refractivity contribution in [2.45, 2.75) is 51.6 Å². The molecule has 1 aromatic carbocycles. The molecule has 1 heterocycles. The van der Waals surface area contributed by atoms with E-state index >= 15 is 0 Å². The molecule has 1 unspecified atom stereocenters. The second kappa shape index (κ2) is 5.13. The maximum absolute atomic E-state index is 4.95. The van der Waals surface area contributed by atoms with E-state index < -0.39 is 0 Å². The van der Waals surface area contributed by atoms with Gasteiger partial charge in [-0.05, 0) is 20.3 Å². The summed E-state index contributed by atoms with van der Waals surface area (Å²) in [5.41, 5.74) is 1.25. The Kier molecular flexibility index (Phi) is 3.74. The summed E-state index contributed by atoms with van der Waals surface area (Å²) in [4.78, 5) is 7.31. The van der Waals surface area contributed by atoms with Crippen LogP contribution in [-0.4, -0.2) is 29.4 Å². The van der Waals surface area contributed by atoms with Crippen LogP contribution in [0.2, 0.25) is 0 Å². The highest BCUT2D eigenvalue weighted by Crippen LogP contribution is 2.32. The molecule has 1 aromatic rings. The fourth-order valence-corrected chi connectivity index (χ4v) is 2.85. The largest absolute Gasteiger partial charge is 0.354 e. The summed E-state index contributed by atoms with van der Waals surface area (Å²) < 4.78 is 0. The maximum Gasteiger partial charge on any atom is 0.131 e. The minimum atomic E-state index is 0.0229. The highest BCUT2D eigenvalue weighted by atomic mass is 15.3. The van der Waals surface area contributed by atoms with Crippen LogP contribution in [0, 0.1) is 0 Å². The molecule has 98 valence electrons. The van der Waals surface area contributed by atoms with Crippen molar-refractivity contribution in [1.82, 2.24) is 4.90 Å². The molecule has 0 saturated carbocycles. The van der Waals surface area contributed by atoms with Crippen molar-refractivity contribution in [3.8, 4) is 0 Å². The van der Waals surface area contributed by atoms with Crippen LogP contribution >= 0.6 is 0 Å². The first-order chi connectivity index (χ1) is 8.56. The molecular formula is C16H24N2. The van der Waals surface area contributed by atoms with E-state index in [1.54, 1.807) is 0 Å². The Morgan fingerprint density at radius 1 is 1.22 bits per heavy atom. The monoisotopic (exact) mass is 244 g/mol. The predicted molar refractivity (Wildman–Crippen MR) is 78.1 cm³/mol. The minimum Gasteiger partial charge on any atom is -0.354 e. The zero-order valence-electron chi connectivity index (χ0n) is 12.0. The van der Waals surface area contributed by atoms with Gasteiger partial charge < -0.3 is 4.90 Å². The number of benzene rings is 1. The lowest BCUT2D eigenvalue weighted by Gasteiger charge is -2.31. The molecule has 1 atom stereocenters. The molecule has 0 N–H and O–H groups in total. The van der Waals surface area contributed by atoms with Gasteiger partial charge in [0.25, 0.3) is 0 Å². The van der Waals surface area contributed by atoms with E-state index in [1.165, 1.54) is 24.8 Å². The summed E-state index contributed by atoms with van der Waals surface area (Å²) in [5, 5.41) is 0. The van der Waals surface area contributed by atoms with Crippen LogP contribution in [0.4, 0.5) is 0 Å². The Hall–Kier alpha value is -1.31. The molecule has 0 spiro atoms. The first-order valence-electron chi connectivity index (χ1n) is 6.94. The summed E-state index contributed by atoms with van der Waals surface area (Å²) in [7, 11) is 2.18. The third-order valence-corrected chi connectivity index (χ3v) is 3.87. The standard InChI is InChI=1S/C16H24N2/c1-5-6-12-14-16(2,3)17-15(18(14)4)13-10-8-7-9-11-13/h7-11,14H,5-6,12H2,1-4H3. The molecule has 1 aliphatic heterocycles. The van der Waals surface area contributed by atoms with Crippen LogP contribution in [-0.2, 0) is 0 Å². The van der Waals surface area contributed by atoms with Gasteiger partial charge in [0.05, 0.1) is 11.6 Å². The molecule has 2 rings (SSSR count). The average molecular weight is 244 g/mol. The lowest BCUT2D eigenvalue weighted by molar-refractivity contribution is 0.268. The Morgan fingerprint density at radius 2 is 1.89 bits per heavy atom. The minimum absolute atomic E-state index is 0.0229. The summed E-state index contributed by atoms with van der Waals surface area (Å²) >= 11 is 0. The predicted octanol–water partition coefficient (Wildman–Crippen LogP) is 3.72. The van der Waals surface area contributed by atoms with E-state index in [9.17, 15) is 0 Å². The topological polar surface area (TPSA) is 15.6 Å². The van der Waals surface area contributed by atoms with Crippen LogP contribution in [0.3, 0.4) is 0 Å². The summed E-state index contributed by atoms with van der Waals surface area (Å²) in [6, 6.07) is 11.0. The fourth-order valence-electron chi connectivity index (χ4n) is 2.85. The summed E-state index contributed by atoms with van der Waals surface area (Å²) in [6.07, 6.45) is 3.75. The van der Waals surface area contributed by atoms with Crippen LogP contribution < -0.4 is 0 Å². The van der Waals surface area contributed by atoms with Crippen molar-refractivity contribution in [1.29, 1.82) is 0 Å². The average Bonchev–Trinajstić information content (AvgIpc) is 2.59. The Balaban J connectivity index is 2.24. The van der Waals surface area contributed by atoms with Crippen molar-refractivity contribution < 1.29 is 0 Å². The van der Waals surface area contributed by atoms with Gasteiger partial charge in [0, 0.05) is 12.6 Å². The van der Waals surface area contributed by atoms with Crippen molar-refractivity contribution in [3.05, 3.63) is 35.9 Å². The number of unbranched alkanes of at least 4 members (excludes halogenated alkanes) is 1. The molecule has 2 nitrogen and oxygen atoms in total. The normalized spacial score (nSPS) is 22.1. The van der Waals surface area contributed by atoms with E-state index in [4.69, 9.17) is 4.99 Å². The van der Waals surface area contributed by atoms with Crippen LogP contribution in [0.5, 0.6) is 0 Å². The number of likely N-dealkylation sites (N-methyl/N-ethyl adjacent to an activating group) is 1. The quantitative estimate of drug-likeness (QED) is 0.788. The number of aliphatic imine (C=N–C) groups is 1. The zero-order chi connectivity index (χ0) is 13.2. The molecule has 0 aromatic heterocycles. The molecule has 0 saturated heterocycles. The van der Waals surface area contributed by atoms with E-state index in [1.807, 2.05) is 0 Å². The lowest BCUT2D eigenvalue weighted by atomic mass is 9.91. The van der Waals surface area contributed by atoms with E-state index in [0.29, 0.717) is 6.04 Å². The molecule has 0 fully saturated rings.